The van der Waals surface area contributed by atoms with Crippen LogP contribution in [0.1, 0.15) is 25.8 Å². The fraction of sp³-hybridized carbons (Fsp3) is 0.429. The monoisotopic (exact) mass is 232 g/mol. The molecule has 17 heavy (non-hydrogen) atoms. The molecule has 0 spiro atoms. The minimum absolute atomic E-state index is 0.00685. The molecule has 0 saturated heterocycles. The Balaban J connectivity index is 2.29. The van der Waals surface area contributed by atoms with Crippen LogP contribution in [0, 0.1) is 0 Å². The van der Waals surface area contributed by atoms with Crippen molar-refractivity contribution in [3.8, 4) is 0 Å². The van der Waals surface area contributed by atoms with Crippen molar-refractivity contribution < 1.29 is 4.74 Å². The summed E-state index contributed by atoms with van der Waals surface area (Å²) in [6, 6.07) is 10.4. The zero-order valence-electron chi connectivity index (χ0n) is 10.4. The normalized spacial score (nSPS) is 17.5. The minimum atomic E-state index is -0.105. The molecule has 1 aliphatic heterocycles. The van der Waals surface area contributed by atoms with Crippen LogP contribution in [0.5, 0.6) is 0 Å². The van der Waals surface area contributed by atoms with E-state index in [0.29, 0.717) is 0 Å². The summed E-state index contributed by atoms with van der Waals surface area (Å²) in [5.41, 5.74) is 4.03. The lowest BCUT2D eigenvalue weighted by Crippen LogP contribution is -2.49. The molecule has 1 aromatic carbocycles. The smallest absolute Gasteiger partial charge is 0.111 e. The van der Waals surface area contributed by atoms with Crippen molar-refractivity contribution in [3.05, 3.63) is 47.7 Å². The van der Waals surface area contributed by atoms with Crippen molar-refractivity contribution in [1.82, 2.24) is 5.43 Å². The molecule has 1 aromatic rings. The number of nitrogens with one attached hydrogen (secondary N) is 1. The van der Waals surface area contributed by atoms with Crippen LogP contribution >= 0.6 is 0 Å². The largest absolute Gasteiger partial charge is 0.496 e. The van der Waals surface area contributed by atoms with Gasteiger partial charge < -0.3 is 4.74 Å². The highest BCUT2D eigenvalue weighted by molar-refractivity contribution is 5.30. The first-order valence-corrected chi connectivity index (χ1v) is 6.01. The molecule has 0 amide bonds. The first kappa shape index (κ1) is 12.1. The Kier molecular flexibility index (Phi) is 3.50. The quantitative estimate of drug-likeness (QED) is 0.617. The molecule has 0 saturated carbocycles. The van der Waals surface area contributed by atoms with Crippen LogP contribution in [-0.2, 0) is 10.2 Å². The van der Waals surface area contributed by atoms with Crippen molar-refractivity contribution in [2.75, 3.05) is 6.61 Å². The topological polar surface area (TPSA) is 47.3 Å². The molecular formula is C14H20N2O. The predicted octanol–water partition coefficient (Wildman–Crippen LogP) is 2.10. The molecule has 3 nitrogen and oxygen atoms in total. The summed E-state index contributed by atoms with van der Waals surface area (Å²) in [5, 5.41) is 0. The summed E-state index contributed by atoms with van der Waals surface area (Å²) in [6.45, 7) is 5.11. The molecule has 3 heteroatoms. The van der Waals surface area contributed by atoms with Crippen LogP contribution in [0.4, 0.5) is 0 Å². The summed E-state index contributed by atoms with van der Waals surface area (Å²) in [6.07, 6.45) is 3.09. The molecule has 0 aromatic heterocycles. The minimum Gasteiger partial charge on any atom is -0.496 e. The van der Waals surface area contributed by atoms with E-state index >= 15 is 0 Å². The number of benzene rings is 1. The summed E-state index contributed by atoms with van der Waals surface area (Å²) in [4.78, 5) is 0. The van der Waals surface area contributed by atoms with Gasteiger partial charge in [-0.1, -0.05) is 44.2 Å². The zero-order valence-corrected chi connectivity index (χ0v) is 10.4. The standard InChI is InChI=1S/C14H20N2O/c1-14(2,11-7-4-3-5-8-11)13(16-15)12-9-6-10-17-12/h3-5,7-9,13,16H,6,10,15H2,1-2H3. The molecule has 0 aliphatic carbocycles. The maximum atomic E-state index is 5.71. The van der Waals surface area contributed by atoms with Gasteiger partial charge in [-0.25, -0.2) is 5.43 Å². The van der Waals surface area contributed by atoms with E-state index in [0.717, 1.165) is 18.8 Å². The number of ether oxygens (including phenoxy) is 1. The van der Waals surface area contributed by atoms with E-state index in [9.17, 15) is 0 Å². The Bertz CT molecular complexity index is 398. The van der Waals surface area contributed by atoms with Crippen LogP contribution in [0.25, 0.3) is 0 Å². The van der Waals surface area contributed by atoms with E-state index in [-0.39, 0.29) is 11.5 Å². The molecule has 1 aliphatic rings. The number of hydrogen-bond donors (Lipinski definition) is 2. The van der Waals surface area contributed by atoms with Gasteiger partial charge in [0, 0.05) is 11.8 Å². The average Bonchev–Trinajstić information content (AvgIpc) is 2.84. The lowest BCUT2D eigenvalue weighted by Gasteiger charge is -2.34. The summed E-state index contributed by atoms with van der Waals surface area (Å²) in [7, 11) is 0. The van der Waals surface area contributed by atoms with Gasteiger partial charge in [0.2, 0.25) is 0 Å². The lowest BCUT2D eigenvalue weighted by atomic mass is 9.77. The van der Waals surface area contributed by atoms with Gasteiger partial charge >= 0.3 is 0 Å². The first-order valence-electron chi connectivity index (χ1n) is 6.01. The zero-order chi connectivity index (χ0) is 12.3. The van der Waals surface area contributed by atoms with Crippen LogP contribution in [0.3, 0.4) is 0 Å². The molecular weight excluding hydrogens is 212 g/mol. The number of hydrazine groups is 1. The summed E-state index contributed by atoms with van der Waals surface area (Å²) in [5.74, 6) is 6.66. The Labute approximate surface area is 103 Å². The van der Waals surface area contributed by atoms with Crippen molar-refractivity contribution in [1.29, 1.82) is 0 Å². The van der Waals surface area contributed by atoms with E-state index in [4.69, 9.17) is 10.6 Å². The van der Waals surface area contributed by atoms with Crippen LogP contribution in [-0.4, -0.2) is 12.6 Å². The SMILES string of the molecule is CC(C)(c1ccccc1)C(NN)C1=CCCO1. The van der Waals surface area contributed by atoms with E-state index in [2.05, 4.69) is 49.6 Å². The molecule has 0 radical (unpaired) electrons. The summed E-state index contributed by atoms with van der Waals surface area (Å²) < 4.78 is 5.63. The molecule has 3 N–H and O–H groups in total. The van der Waals surface area contributed by atoms with Crippen molar-refractivity contribution >= 4 is 0 Å². The Morgan fingerprint density at radius 2 is 2.00 bits per heavy atom. The number of rotatable bonds is 4. The third kappa shape index (κ3) is 2.35. The van der Waals surface area contributed by atoms with Gasteiger partial charge in [0.05, 0.1) is 12.6 Å². The maximum absolute atomic E-state index is 5.71. The predicted molar refractivity (Wildman–Crippen MR) is 69.2 cm³/mol. The molecule has 2 rings (SSSR count). The van der Waals surface area contributed by atoms with Crippen LogP contribution in [0.15, 0.2) is 42.2 Å². The fourth-order valence-electron chi connectivity index (χ4n) is 2.32. The summed E-state index contributed by atoms with van der Waals surface area (Å²) >= 11 is 0. The van der Waals surface area contributed by atoms with E-state index in [1.165, 1.54) is 5.56 Å². The van der Waals surface area contributed by atoms with Crippen molar-refractivity contribution in [2.45, 2.75) is 31.7 Å². The third-order valence-corrected chi connectivity index (χ3v) is 3.42. The van der Waals surface area contributed by atoms with Crippen molar-refractivity contribution in [2.24, 2.45) is 5.84 Å². The second-order valence-electron chi connectivity index (χ2n) is 4.93. The van der Waals surface area contributed by atoms with E-state index < -0.39 is 0 Å². The molecule has 0 fully saturated rings. The first-order chi connectivity index (χ1) is 8.16. The Morgan fingerprint density at radius 3 is 2.53 bits per heavy atom. The highest BCUT2D eigenvalue weighted by Crippen LogP contribution is 2.32. The fourth-order valence-corrected chi connectivity index (χ4v) is 2.32. The Hall–Kier alpha value is -1.32. The van der Waals surface area contributed by atoms with Crippen LogP contribution in [0.2, 0.25) is 0 Å². The van der Waals surface area contributed by atoms with Crippen LogP contribution < -0.4 is 11.3 Å². The Morgan fingerprint density at radius 1 is 1.29 bits per heavy atom. The van der Waals surface area contributed by atoms with Gasteiger partial charge in [-0.05, 0) is 11.6 Å². The number of nitrogens with two attached hydrogens (primary N) is 1. The maximum Gasteiger partial charge on any atom is 0.111 e. The van der Waals surface area contributed by atoms with Gasteiger partial charge in [0.1, 0.15) is 5.76 Å². The average molecular weight is 232 g/mol. The van der Waals surface area contributed by atoms with Gasteiger partial charge in [-0.15, -0.1) is 0 Å². The molecule has 1 atom stereocenters. The highest BCUT2D eigenvalue weighted by Gasteiger charge is 2.35. The van der Waals surface area contributed by atoms with Gasteiger partial charge in [-0.2, -0.15) is 0 Å². The molecule has 92 valence electrons. The molecule has 1 heterocycles. The van der Waals surface area contributed by atoms with Gasteiger partial charge in [-0.3, -0.25) is 5.84 Å². The lowest BCUT2D eigenvalue weighted by molar-refractivity contribution is 0.188. The third-order valence-electron chi connectivity index (χ3n) is 3.42. The van der Waals surface area contributed by atoms with E-state index in [1.54, 1.807) is 0 Å². The second-order valence-corrected chi connectivity index (χ2v) is 4.93. The second kappa shape index (κ2) is 4.90. The van der Waals surface area contributed by atoms with Crippen molar-refractivity contribution in [3.63, 3.8) is 0 Å². The molecule has 1 unspecified atom stereocenters. The highest BCUT2D eigenvalue weighted by atomic mass is 16.5. The van der Waals surface area contributed by atoms with Gasteiger partial charge in [0.25, 0.3) is 0 Å². The number of hydrogen-bond acceptors (Lipinski definition) is 3. The molecule has 0 bridgehead atoms. The van der Waals surface area contributed by atoms with E-state index in [1.807, 2.05) is 6.07 Å². The van der Waals surface area contributed by atoms with Gasteiger partial charge in [0.15, 0.2) is 0 Å².